The predicted molar refractivity (Wildman–Crippen MR) is 54.0 cm³/mol. The van der Waals surface area contributed by atoms with E-state index in [-0.39, 0.29) is 23.1 Å². The van der Waals surface area contributed by atoms with Gasteiger partial charge in [0.05, 0.1) is 0 Å². The van der Waals surface area contributed by atoms with Gasteiger partial charge >= 0.3 is 0 Å². The van der Waals surface area contributed by atoms with Crippen molar-refractivity contribution in [3.05, 3.63) is 0 Å². The van der Waals surface area contributed by atoms with Crippen LogP contribution in [0.2, 0.25) is 0 Å². The van der Waals surface area contributed by atoms with E-state index in [0.717, 1.165) is 19.3 Å². The Kier molecular flexibility index (Phi) is 2.78. The summed E-state index contributed by atoms with van der Waals surface area (Å²) in [5, 5.41) is 2.43. The van der Waals surface area contributed by atoms with Gasteiger partial charge in [-0.2, -0.15) is 0 Å². The first-order chi connectivity index (χ1) is 7.18. The number of hydrogen-bond acceptors (Lipinski definition) is 3. The molecule has 0 aromatic heterocycles. The maximum absolute atomic E-state index is 11.7. The summed E-state index contributed by atoms with van der Waals surface area (Å²) >= 11 is 0. The lowest BCUT2D eigenvalue weighted by Gasteiger charge is -2.44. The van der Waals surface area contributed by atoms with Crippen molar-refractivity contribution in [1.29, 1.82) is 0 Å². The average molecular weight is 211 g/mol. The first-order valence-electron chi connectivity index (χ1n) is 5.59. The van der Waals surface area contributed by atoms with Gasteiger partial charge in [0.1, 0.15) is 0 Å². The van der Waals surface area contributed by atoms with Gasteiger partial charge in [0.15, 0.2) is 0 Å². The normalized spacial score (nSPS) is 30.3. The van der Waals surface area contributed by atoms with Crippen molar-refractivity contribution in [2.45, 2.75) is 32.6 Å². The maximum Gasteiger partial charge on any atom is 0.230 e. The lowest BCUT2D eigenvalue weighted by Crippen LogP contribution is -2.53. The third-order valence-electron chi connectivity index (χ3n) is 3.73. The molecule has 1 N–H and O–H groups in total. The van der Waals surface area contributed by atoms with Crippen LogP contribution in [-0.2, 0) is 14.3 Å². The van der Waals surface area contributed by atoms with Gasteiger partial charge in [-0.15, -0.1) is 0 Å². The Labute approximate surface area is 89.4 Å². The molecule has 2 amide bonds. The van der Waals surface area contributed by atoms with Crippen molar-refractivity contribution in [1.82, 2.24) is 5.32 Å². The summed E-state index contributed by atoms with van der Waals surface area (Å²) in [7, 11) is 0. The minimum Gasteiger partial charge on any atom is -0.381 e. The molecule has 2 aliphatic heterocycles. The monoisotopic (exact) mass is 211 g/mol. The van der Waals surface area contributed by atoms with E-state index in [1.807, 2.05) is 6.92 Å². The van der Waals surface area contributed by atoms with E-state index in [1.54, 1.807) is 0 Å². The summed E-state index contributed by atoms with van der Waals surface area (Å²) in [5.41, 5.74) is -0.119. The summed E-state index contributed by atoms with van der Waals surface area (Å²) < 4.78 is 5.32. The maximum atomic E-state index is 11.7. The Morgan fingerprint density at radius 2 is 2.07 bits per heavy atom. The number of carbonyl (C=O) groups is 2. The molecule has 2 heterocycles. The largest absolute Gasteiger partial charge is 0.381 e. The van der Waals surface area contributed by atoms with Crippen molar-refractivity contribution in [2.24, 2.45) is 11.3 Å². The highest BCUT2D eigenvalue weighted by molar-refractivity contribution is 5.99. The lowest BCUT2D eigenvalue weighted by atomic mass is 9.64. The van der Waals surface area contributed by atoms with Crippen LogP contribution >= 0.6 is 0 Å². The van der Waals surface area contributed by atoms with Crippen LogP contribution in [0.5, 0.6) is 0 Å². The number of amides is 2. The molecule has 84 valence electrons. The van der Waals surface area contributed by atoms with Gasteiger partial charge < -0.3 is 4.74 Å². The van der Waals surface area contributed by atoms with Crippen LogP contribution in [0.1, 0.15) is 32.6 Å². The zero-order valence-corrected chi connectivity index (χ0v) is 9.04. The highest BCUT2D eigenvalue weighted by Gasteiger charge is 2.47. The first-order valence-corrected chi connectivity index (χ1v) is 5.59. The van der Waals surface area contributed by atoms with Crippen molar-refractivity contribution in [3.8, 4) is 0 Å². The van der Waals surface area contributed by atoms with Crippen molar-refractivity contribution in [2.75, 3.05) is 13.2 Å². The van der Waals surface area contributed by atoms with E-state index < -0.39 is 0 Å². The summed E-state index contributed by atoms with van der Waals surface area (Å²) in [6, 6.07) is 0. The van der Waals surface area contributed by atoms with Crippen LogP contribution in [0.15, 0.2) is 0 Å². The number of imide groups is 1. The van der Waals surface area contributed by atoms with Crippen LogP contribution in [0.25, 0.3) is 0 Å². The highest BCUT2D eigenvalue weighted by atomic mass is 16.5. The van der Waals surface area contributed by atoms with E-state index in [2.05, 4.69) is 5.32 Å². The number of piperidine rings is 1. The molecule has 15 heavy (non-hydrogen) atoms. The lowest BCUT2D eigenvalue weighted by molar-refractivity contribution is -0.148. The fourth-order valence-electron chi connectivity index (χ4n) is 2.91. The number of hydrogen-bond donors (Lipinski definition) is 1. The molecule has 1 spiro atoms. The standard InChI is InChI=1S/C11H17NO3/c1-2-8-10(14)12-9(13)7-11(8)3-5-15-6-4-11/h8H,2-7H2,1H3,(H,12,13,14). The van der Waals surface area contributed by atoms with Gasteiger partial charge in [0.25, 0.3) is 0 Å². The van der Waals surface area contributed by atoms with Gasteiger partial charge in [0.2, 0.25) is 11.8 Å². The second kappa shape index (κ2) is 3.93. The molecule has 1 atom stereocenters. The fraction of sp³-hybridized carbons (Fsp3) is 0.818. The molecule has 0 radical (unpaired) electrons. The minimum absolute atomic E-state index is 0.0147. The molecular formula is C11H17NO3. The van der Waals surface area contributed by atoms with Crippen LogP contribution in [-0.4, -0.2) is 25.0 Å². The summed E-state index contributed by atoms with van der Waals surface area (Å²) in [4.78, 5) is 23.2. The van der Waals surface area contributed by atoms with Crippen LogP contribution in [0.4, 0.5) is 0 Å². The molecule has 0 aromatic rings. The average Bonchev–Trinajstić information content (AvgIpc) is 2.18. The third-order valence-corrected chi connectivity index (χ3v) is 3.73. The zero-order valence-electron chi connectivity index (χ0n) is 9.04. The summed E-state index contributed by atoms with van der Waals surface area (Å²) in [6.45, 7) is 3.37. The van der Waals surface area contributed by atoms with Crippen LogP contribution < -0.4 is 5.32 Å². The Balaban J connectivity index is 2.24. The summed E-state index contributed by atoms with van der Waals surface area (Å²) in [5.74, 6) is -0.221. The van der Waals surface area contributed by atoms with Crippen LogP contribution in [0.3, 0.4) is 0 Å². The van der Waals surface area contributed by atoms with Crippen molar-refractivity contribution >= 4 is 11.8 Å². The van der Waals surface area contributed by atoms with E-state index in [0.29, 0.717) is 19.6 Å². The molecule has 2 aliphatic rings. The quantitative estimate of drug-likeness (QED) is 0.654. The molecule has 2 saturated heterocycles. The first kappa shape index (κ1) is 10.6. The van der Waals surface area contributed by atoms with Gasteiger partial charge in [-0.25, -0.2) is 0 Å². The molecule has 0 bridgehead atoms. The fourth-order valence-corrected chi connectivity index (χ4v) is 2.91. The molecular weight excluding hydrogens is 194 g/mol. The third kappa shape index (κ3) is 1.78. The minimum atomic E-state index is -0.119. The predicted octanol–water partition coefficient (Wildman–Crippen LogP) is 0.856. The smallest absolute Gasteiger partial charge is 0.230 e. The number of ether oxygens (including phenoxy) is 1. The van der Waals surface area contributed by atoms with Gasteiger partial charge in [0, 0.05) is 25.6 Å². The van der Waals surface area contributed by atoms with Crippen LogP contribution in [0, 0.1) is 11.3 Å². The van der Waals surface area contributed by atoms with Crippen molar-refractivity contribution < 1.29 is 14.3 Å². The van der Waals surface area contributed by atoms with E-state index in [1.165, 1.54) is 0 Å². The number of nitrogens with one attached hydrogen (secondary N) is 1. The van der Waals surface area contributed by atoms with E-state index >= 15 is 0 Å². The molecule has 0 aliphatic carbocycles. The summed E-state index contributed by atoms with van der Waals surface area (Å²) in [6.07, 6.45) is 2.97. The molecule has 4 heteroatoms. The Bertz CT molecular complexity index is 282. The molecule has 1 unspecified atom stereocenters. The zero-order chi connectivity index (χ0) is 10.9. The molecule has 2 rings (SSSR count). The number of carbonyl (C=O) groups excluding carboxylic acids is 2. The van der Waals surface area contributed by atoms with E-state index in [9.17, 15) is 9.59 Å². The Morgan fingerprint density at radius 3 is 2.67 bits per heavy atom. The Morgan fingerprint density at radius 1 is 1.40 bits per heavy atom. The molecule has 4 nitrogen and oxygen atoms in total. The van der Waals surface area contributed by atoms with E-state index in [4.69, 9.17) is 4.74 Å². The molecule has 2 fully saturated rings. The van der Waals surface area contributed by atoms with Gasteiger partial charge in [-0.3, -0.25) is 14.9 Å². The van der Waals surface area contributed by atoms with Gasteiger partial charge in [-0.05, 0) is 24.7 Å². The SMILES string of the molecule is CCC1C(=O)NC(=O)CC12CCOCC2. The van der Waals surface area contributed by atoms with Gasteiger partial charge in [-0.1, -0.05) is 6.92 Å². The molecule has 0 saturated carbocycles. The number of rotatable bonds is 1. The second-order valence-electron chi connectivity index (χ2n) is 4.52. The Hall–Kier alpha value is -0.900. The van der Waals surface area contributed by atoms with Crippen molar-refractivity contribution in [3.63, 3.8) is 0 Å². The second-order valence-corrected chi connectivity index (χ2v) is 4.52. The topological polar surface area (TPSA) is 55.4 Å². The molecule has 0 aromatic carbocycles. The highest BCUT2D eigenvalue weighted by Crippen LogP contribution is 2.45.